The lowest BCUT2D eigenvalue weighted by atomic mass is 10.2. The number of nitrogens with one attached hydrogen (secondary N) is 2. The van der Waals surface area contributed by atoms with Crippen molar-refractivity contribution in [1.82, 2.24) is 4.31 Å². The number of nitrogens with zero attached hydrogens (tertiary/aromatic N) is 1. The normalized spacial score (nSPS) is 15.9. The predicted octanol–water partition coefficient (Wildman–Crippen LogP) is 2.13. The lowest BCUT2D eigenvalue weighted by molar-refractivity contribution is -0.116. The van der Waals surface area contributed by atoms with Gasteiger partial charge in [-0.2, -0.15) is 4.31 Å². The fourth-order valence-electron chi connectivity index (χ4n) is 2.91. The molecule has 152 valence electrons. The number of benzene rings is 2. The summed E-state index contributed by atoms with van der Waals surface area (Å²) in [5, 5.41) is 5.87. The Morgan fingerprint density at radius 3 is 2.48 bits per heavy atom. The summed E-state index contributed by atoms with van der Waals surface area (Å²) in [5.41, 5.74) is 1.98. The van der Waals surface area contributed by atoms with E-state index in [1.54, 1.807) is 25.1 Å². The van der Waals surface area contributed by atoms with Crippen molar-refractivity contribution in [3.8, 4) is 12.3 Å². The highest BCUT2D eigenvalue weighted by molar-refractivity contribution is 7.89. The van der Waals surface area contributed by atoms with E-state index in [-0.39, 0.29) is 10.8 Å². The Kier molecular flexibility index (Phi) is 6.54. The molecule has 1 heterocycles. The molecule has 2 aromatic carbocycles. The molecule has 1 amide bonds. The number of anilines is 2. The van der Waals surface area contributed by atoms with E-state index in [4.69, 9.17) is 11.2 Å². The number of hydrogen-bond donors (Lipinski definition) is 2. The second-order valence-electron chi connectivity index (χ2n) is 6.62. The minimum absolute atomic E-state index is 0.190. The largest absolute Gasteiger partial charge is 0.379 e. The van der Waals surface area contributed by atoms with Crippen LogP contribution in [0, 0.1) is 12.3 Å². The first-order valence-electron chi connectivity index (χ1n) is 9.22. The molecule has 0 spiro atoms. The third kappa shape index (κ3) is 5.15. The summed E-state index contributed by atoms with van der Waals surface area (Å²) in [4.78, 5) is 12.6. The maximum atomic E-state index is 12.6. The fourth-order valence-corrected chi connectivity index (χ4v) is 4.32. The zero-order chi connectivity index (χ0) is 20.9. The van der Waals surface area contributed by atoms with Gasteiger partial charge >= 0.3 is 0 Å². The van der Waals surface area contributed by atoms with Crippen LogP contribution in [0.2, 0.25) is 0 Å². The minimum atomic E-state index is -3.56. The standard InChI is InChI=1S/C21H23N3O4S/c1-3-17-5-4-6-19(15-17)22-16(2)21(25)23-18-7-9-20(10-8-18)29(26,27)24-11-13-28-14-12-24/h1,4-10,15-16,22H,11-14H2,2H3,(H,23,25)/t16-/m0/s1. The Morgan fingerprint density at radius 2 is 1.83 bits per heavy atom. The highest BCUT2D eigenvalue weighted by Gasteiger charge is 2.26. The Labute approximate surface area is 171 Å². The number of carbonyl (C=O) groups is 1. The molecule has 1 aliphatic heterocycles. The SMILES string of the molecule is C#Cc1cccc(N[C@@H](C)C(=O)Nc2ccc(S(=O)(=O)N3CCOCC3)cc2)c1. The van der Waals surface area contributed by atoms with Crippen molar-refractivity contribution in [2.24, 2.45) is 0 Å². The zero-order valence-electron chi connectivity index (χ0n) is 16.1. The predicted molar refractivity (Wildman–Crippen MR) is 112 cm³/mol. The lowest BCUT2D eigenvalue weighted by Crippen LogP contribution is -2.40. The van der Waals surface area contributed by atoms with Gasteiger partial charge in [-0.05, 0) is 49.4 Å². The molecule has 3 rings (SSSR count). The molecule has 29 heavy (non-hydrogen) atoms. The van der Waals surface area contributed by atoms with Gasteiger partial charge < -0.3 is 15.4 Å². The number of carbonyl (C=O) groups excluding carboxylic acids is 1. The van der Waals surface area contributed by atoms with Crippen molar-refractivity contribution in [3.05, 3.63) is 54.1 Å². The first-order valence-corrected chi connectivity index (χ1v) is 10.7. The molecule has 0 bridgehead atoms. The second kappa shape index (κ2) is 9.09. The molecular formula is C21H23N3O4S. The fraction of sp³-hybridized carbons (Fsp3) is 0.286. The van der Waals surface area contributed by atoms with Crippen LogP contribution in [-0.2, 0) is 19.6 Å². The van der Waals surface area contributed by atoms with Crippen molar-refractivity contribution >= 4 is 27.3 Å². The van der Waals surface area contributed by atoms with Crippen LogP contribution in [-0.4, -0.2) is 51.0 Å². The van der Waals surface area contributed by atoms with Gasteiger partial charge in [0.1, 0.15) is 6.04 Å². The molecule has 1 aliphatic rings. The molecule has 0 saturated carbocycles. The molecule has 0 aromatic heterocycles. The van der Waals surface area contributed by atoms with Gasteiger partial charge in [-0.3, -0.25) is 4.79 Å². The van der Waals surface area contributed by atoms with E-state index in [2.05, 4.69) is 16.6 Å². The van der Waals surface area contributed by atoms with Crippen LogP contribution in [0.25, 0.3) is 0 Å². The van der Waals surface area contributed by atoms with Crippen LogP contribution in [0.15, 0.2) is 53.4 Å². The molecule has 0 radical (unpaired) electrons. The van der Waals surface area contributed by atoms with Crippen molar-refractivity contribution < 1.29 is 17.9 Å². The maximum Gasteiger partial charge on any atom is 0.246 e. The number of morpholine rings is 1. The van der Waals surface area contributed by atoms with Crippen molar-refractivity contribution in [2.75, 3.05) is 36.9 Å². The quantitative estimate of drug-likeness (QED) is 0.709. The molecule has 1 atom stereocenters. The van der Waals surface area contributed by atoms with Crippen molar-refractivity contribution in [3.63, 3.8) is 0 Å². The summed E-state index contributed by atoms with van der Waals surface area (Å²) >= 11 is 0. The van der Waals surface area contributed by atoms with Crippen LogP contribution in [0.4, 0.5) is 11.4 Å². The summed E-state index contributed by atoms with van der Waals surface area (Å²) < 4.78 is 31.9. The Bertz CT molecular complexity index is 1010. The molecule has 2 aromatic rings. The topological polar surface area (TPSA) is 87.7 Å². The lowest BCUT2D eigenvalue weighted by Gasteiger charge is -2.26. The number of terminal acetylenes is 1. The van der Waals surface area contributed by atoms with Gasteiger partial charge in [-0.1, -0.05) is 12.0 Å². The van der Waals surface area contributed by atoms with Gasteiger partial charge in [0.25, 0.3) is 0 Å². The third-order valence-electron chi connectivity index (χ3n) is 4.54. The van der Waals surface area contributed by atoms with Gasteiger partial charge in [0, 0.05) is 30.0 Å². The van der Waals surface area contributed by atoms with Gasteiger partial charge in [-0.25, -0.2) is 8.42 Å². The third-order valence-corrected chi connectivity index (χ3v) is 6.45. The summed E-state index contributed by atoms with van der Waals surface area (Å²) in [6.07, 6.45) is 5.39. The summed E-state index contributed by atoms with van der Waals surface area (Å²) in [6, 6.07) is 12.9. The van der Waals surface area contributed by atoms with E-state index < -0.39 is 16.1 Å². The van der Waals surface area contributed by atoms with Gasteiger partial charge in [0.05, 0.1) is 18.1 Å². The number of ether oxygens (including phenoxy) is 1. The van der Waals surface area contributed by atoms with E-state index in [1.807, 2.05) is 18.2 Å². The van der Waals surface area contributed by atoms with Crippen molar-refractivity contribution in [1.29, 1.82) is 0 Å². The average Bonchev–Trinajstić information content (AvgIpc) is 2.75. The number of amides is 1. The maximum absolute atomic E-state index is 12.6. The van der Waals surface area contributed by atoms with Gasteiger partial charge in [0.2, 0.25) is 15.9 Å². The number of sulfonamides is 1. The highest BCUT2D eigenvalue weighted by atomic mass is 32.2. The Morgan fingerprint density at radius 1 is 1.14 bits per heavy atom. The van der Waals surface area contributed by atoms with Crippen LogP contribution >= 0.6 is 0 Å². The molecule has 7 nitrogen and oxygen atoms in total. The van der Waals surface area contributed by atoms with Crippen LogP contribution < -0.4 is 10.6 Å². The van der Waals surface area contributed by atoms with Crippen LogP contribution in [0.1, 0.15) is 12.5 Å². The monoisotopic (exact) mass is 413 g/mol. The summed E-state index contributed by atoms with van der Waals surface area (Å²) in [5.74, 6) is 2.30. The van der Waals surface area contributed by atoms with E-state index in [9.17, 15) is 13.2 Å². The van der Waals surface area contributed by atoms with Gasteiger partial charge in [0.15, 0.2) is 0 Å². The first-order chi connectivity index (χ1) is 13.9. The highest BCUT2D eigenvalue weighted by Crippen LogP contribution is 2.20. The second-order valence-corrected chi connectivity index (χ2v) is 8.56. The first kappa shape index (κ1) is 20.9. The smallest absolute Gasteiger partial charge is 0.246 e. The molecule has 8 heteroatoms. The molecular weight excluding hydrogens is 390 g/mol. The molecule has 2 N–H and O–H groups in total. The molecule has 0 unspecified atom stereocenters. The van der Waals surface area contributed by atoms with E-state index in [0.29, 0.717) is 32.0 Å². The van der Waals surface area contributed by atoms with Crippen molar-refractivity contribution in [2.45, 2.75) is 17.9 Å². The summed E-state index contributed by atoms with van der Waals surface area (Å²) in [6.45, 7) is 3.19. The average molecular weight is 413 g/mol. The summed E-state index contributed by atoms with van der Waals surface area (Å²) in [7, 11) is -3.56. The number of hydrogen-bond acceptors (Lipinski definition) is 5. The Balaban J connectivity index is 1.62. The van der Waals surface area contributed by atoms with Crippen LogP contribution in [0.5, 0.6) is 0 Å². The minimum Gasteiger partial charge on any atom is -0.379 e. The molecule has 0 aliphatic carbocycles. The van der Waals surface area contributed by atoms with E-state index >= 15 is 0 Å². The molecule has 1 saturated heterocycles. The number of rotatable bonds is 6. The Hall–Kier alpha value is -2.86. The van der Waals surface area contributed by atoms with Gasteiger partial charge in [-0.15, -0.1) is 6.42 Å². The van der Waals surface area contributed by atoms with E-state index in [1.165, 1.54) is 16.4 Å². The molecule has 1 fully saturated rings. The van der Waals surface area contributed by atoms with E-state index in [0.717, 1.165) is 11.3 Å². The van der Waals surface area contributed by atoms with Crippen LogP contribution in [0.3, 0.4) is 0 Å². The zero-order valence-corrected chi connectivity index (χ0v) is 16.9.